The van der Waals surface area contributed by atoms with E-state index in [1.165, 1.54) is 24.3 Å². The second-order valence-electron chi connectivity index (χ2n) is 3.99. The van der Waals surface area contributed by atoms with Gasteiger partial charge >= 0.3 is 0 Å². The predicted octanol–water partition coefficient (Wildman–Crippen LogP) is 2.12. The first kappa shape index (κ1) is 14.0. The van der Waals surface area contributed by atoms with Gasteiger partial charge in [-0.25, -0.2) is 4.39 Å². The van der Waals surface area contributed by atoms with Crippen molar-refractivity contribution in [3.05, 3.63) is 65.5 Å². The summed E-state index contributed by atoms with van der Waals surface area (Å²) in [6.07, 6.45) is 0. The quantitative estimate of drug-likeness (QED) is 0.460. The number of hydrogen-bond donors (Lipinski definition) is 3. The van der Waals surface area contributed by atoms with Crippen molar-refractivity contribution in [2.45, 2.75) is 0 Å². The van der Waals surface area contributed by atoms with Gasteiger partial charge in [0, 0.05) is 11.1 Å². The van der Waals surface area contributed by atoms with Gasteiger partial charge in [-0.1, -0.05) is 0 Å². The van der Waals surface area contributed by atoms with Crippen molar-refractivity contribution >= 4 is 23.0 Å². The molecule has 0 amide bonds. The number of rotatable bonds is 3. The Morgan fingerprint density at radius 1 is 1.05 bits per heavy atom. The molecule has 0 heterocycles. The Morgan fingerprint density at radius 3 is 2.05 bits per heavy atom. The molecule has 0 aliphatic heterocycles. The first-order chi connectivity index (χ1) is 9.56. The van der Waals surface area contributed by atoms with Crippen molar-refractivity contribution in [2.24, 2.45) is 10.8 Å². The summed E-state index contributed by atoms with van der Waals surface area (Å²) in [6, 6.07) is 12.3. The molecule has 0 aromatic heterocycles. The van der Waals surface area contributed by atoms with E-state index in [1.807, 2.05) is 0 Å². The van der Waals surface area contributed by atoms with Crippen molar-refractivity contribution in [1.29, 1.82) is 0 Å². The van der Waals surface area contributed by atoms with Gasteiger partial charge in [-0.2, -0.15) is 5.10 Å². The van der Waals surface area contributed by atoms with E-state index in [0.717, 1.165) is 5.56 Å². The van der Waals surface area contributed by atoms with E-state index in [2.05, 4.69) is 10.5 Å². The van der Waals surface area contributed by atoms with Gasteiger partial charge in [0.15, 0.2) is 5.11 Å². The molecule has 0 radical (unpaired) electrons. The average Bonchev–Trinajstić information content (AvgIpc) is 2.42. The molecule has 4 N–H and O–H groups in total. The van der Waals surface area contributed by atoms with Crippen molar-refractivity contribution in [1.82, 2.24) is 5.43 Å². The minimum atomic E-state index is -0.332. The Hall–Kier alpha value is -2.47. The van der Waals surface area contributed by atoms with Crippen LogP contribution in [-0.4, -0.2) is 15.9 Å². The number of phenols is 1. The molecule has 0 aliphatic carbocycles. The molecule has 20 heavy (non-hydrogen) atoms. The van der Waals surface area contributed by atoms with E-state index in [9.17, 15) is 9.50 Å². The molecule has 2 aromatic rings. The smallest absolute Gasteiger partial charge is 0.184 e. The van der Waals surface area contributed by atoms with E-state index in [0.29, 0.717) is 11.3 Å². The van der Waals surface area contributed by atoms with Crippen molar-refractivity contribution in [3.63, 3.8) is 0 Å². The van der Waals surface area contributed by atoms with Crippen LogP contribution in [0.25, 0.3) is 0 Å². The molecule has 6 heteroatoms. The predicted molar refractivity (Wildman–Crippen MR) is 80.1 cm³/mol. The molecule has 0 saturated carbocycles. The number of nitrogens with zero attached hydrogens (tertiary/aromatic N) is 1. The van der Waals surface area contributed by atoms with Gasteiger partial charge in [-0.15, -0.1) is 0 Å². The highest BCUT2D eigenvalue weighted by molar-refractivity contribution is 7.80. The second kappa shape index (κ2) is 6.12. The third kappa shape index (κ3) is 3.52. The normalized spacial score (nSPS) is 11.2. The summed E-state index contributed by atoms with van der Waals surface area (Å²) < 4.78 is 13.0. The number of hydrogen-bond acceptors (Lipinski definition) is 3. The van der Waals surface area contributed by atoms with Crippen LogP contribution in [0, 0.1) is 5.82 Å². The molecule has 0 bridgehead atoms. The molecular formula is C14H12FN3OS. The van der Waals surface area contributed by atoms with E-state index >= 15 is 0 Å². The molecule has 0 unspecified atom stereocenters. The number of nitrogens with one attached hydrogen (secondary N) is 1. The fourth-order valence-corrected chi connectivity index (χ4v) is 1.68. The molecule has 0 atom stereocenters. The summed E-state index contributed by atoms with van der Waals surface area (Å²) in [5, 5.41) is 13.5. The van der Waals surface area contributed by atoms with Crippen LogP contribution in [0.2, 0.25) is 0 Å². The monoisotopic (exact) mass is 289 g/mol. The first-order valence-electron chi connectivity index (χ1n) is 5.75. The van der Waals surface area contributed by atoms with Crippen molar-refractivity contribution < 1.29 is 9.50 Å². The lowest BCUT2D eigenvalue weighted by molar-refractivity contribution is 0.475. The van der Waals surface area contributed by atoms with Crippen molar-refractivity contribution in [2.75, 3.05) is 0 Å². The largest absolute Gasteiger partial charge is 0.508 e. The highest BCUT2D eigenvalue weighted by atomic mass is 32.1. The topological polar surface area (TPSA) is 70.6 Å². The van der Waals surface area contributed by atoms with Gasteiger partial charge in [-0.3, -0.25) is 5.43 Å². The zero-order valence-corrected chi connectivity index (χ0v) is 11.2. The van der Waals surface area contributed by atoms with Gasteiger partial charge in [0.05, 0.1) is 5.71 Å². The van der Waals surface area contributed by atoms with E-state index < -0.39 is 0 Å². The van der Waals surface area contributed by atoms with Crippen LogP contribution >= 0.6 is 12.2 Å². The maximum atomic E-state index is 13.0. The van der Waals surface area contributed by atoms with Crippen LogP contribution in [-0.2, 0) is 0 Å². The molecule has 0 aliphatic rings. The summed E-state index contributed by atoms with van der Waals surface area (Å²) in [7, 11) is 0. The lowest BCUT2D eigenvalue weighted by Crippen LogP contribution is -2.26. The number of nitrogens with two attached hydrogens (primary N) is 1. The minimum absolute atomic E-state index is 0.0309. The average molecular weight is 289 g/mol. The maximum absolute atomic E-state index is 13.0. The SMILES string of the molecule is NC(=S)NN=C(c1ccc(O)cc1)c1ccc(F)cc1. The fraction of sp³-hybridized carbons (Fsp3) is 0. The Labute approximate surface area is 120 Å². The number of hydrazone groups is 1. The Morgan fingerprint density at radius 2 is 1.55 bits per heavy atom. The van der Waals surface area contributed by atoms with Gasteiger partial charge < -0.3 is 10.8 Å². The maximum Gasteiger partial charge on any atom is 0.184 e. The summed E-state index contributed by atoms with van der Waals surface area (Å²) >= 11 is 4.71. The zero-order chi connectivity index (χ0) is 14.5. The number of phenolic OH excluding ortho intramolecular Hbond substituents is 1. The van der Waals surface area contributed by atoms with Crippen LogP contribution in [0.15, 0.2) is 53.6 Å². The molecular weight excluding hydrogens is 277 g/mol. The zero-order valence-electron chi connectivity index (χ0n) is 10.4. The lowest BCUT2D eigenvalue weighted by Gasteiger charge is -2.08. The lowest BCUT2D eigenvalue weighted by atomic mass is 10.0. The van der Waals surface area contributed by atoms with Gasteiger partial charge in [0.2, 0.25) is 0 Å². The Kier molecular flexibility index (Phi) is 4.27. The van der Waals surface area contributed by atoms with Crippen LogP contribution in [0.4, 0.5) is 4.39 Å². The van der Waals surface area contributed by atoms with Crippen LogP contribution in [0.5, 0.6) is 5.75 Å². The number of aromatic hydroxyl groups is 1. The summed E-state index contributed by atoms with van der Waals surface area (Å²) in [4.78, 5) is 0. The third-order valence-corrected chi connectivity index (χ3v) is 2.63. The van der Waals surface area contributed by atoms with Crippen molar-refractivity contribution in [3.8, 4) is 5.75 Å². The molecule has 4 nitrogen and oxygen atoms in total. The molecule has 0 spiro atoms. The summed E-state index contributed by atoms with van der Waals surface area (Å²) in [6.45, 7) is 0. The van der Waals surface area contributed by atoms with Crippen LogP contribution in [0.1, 0.15) is 11.1 Å². The van der Waals surface area contributed by atoms with E-state index in [-0.39, 0.29) is 16.7 Å². The molecule has 2 aromatic carbocycles. The fourth-order valence-electron chi connectivity index (χ4n) is 1.63. The number of thiocarbonyl (C=S) groups is 1. The van der Waals surface area contributed by atoms with Gasteiger partial charge in [0.1, 0.15) is 11.6 Å². The Balaban J connectivity index is 2.44. The summed E-state index contributed by atoms with van der Waals surface area (Å²) in [5.74, 6) is -0.185. The van der Waals surface area contributed by atoms with Crippen LogP contribution in [0.3, 0.4) is 0 Å². The molecule has 102 valence electrons. The Bertz CT molecular complexity index is 591. The first-order valence-corrected chi connectivity index (χ1v) is 6.15. The highest BCUT2D eigenvalue weighted by Crippen LogP contribution is 2.15. The molecule has 2 rings (SSSR count). The standard InChI is InChI=1S/C14H12FN3OS/c15-11-5-1-9(2-6-11)13(17-18-14(16)20)10-3-7-12(19)8-4-10/h1-8,19H,(H3,16,18,20). The third-order valence-electron chi connectivity index (χ3n) is 2.54. The molecule has 0 saturated heterocycles. The van der Waals surface area contributed by atoms with Crippen LogP contribution < -0.4 is 11.2 Å². The number of benzene rings is 2. The molecule has 0 fully saturated rings. The van der Waals surface area contributed by atoms with E-state index in [4.69, 9.17) is 18.0 Å². The second-order valence-corrected chi connectivity index (χ2v) is 4.43. The van der Waals surface area contributed by atoms with Gasteiger partial charge in [0.25, 0.3) is 0 Å². The highest BCUT2D eigenvalue weighted by Gasteiger charge is 2.08. The van der Waals surface area contributed by atoms with E-state index in [1.54, 1.807) is 24.3 Å². The van der Waals surface area contributed by atoms with Gasteiger partial charge in [-0.05, 0) is 60.7 Å². The number of halogens is 1. The minimum Gasteiger partial charge on any atom is -0.508 e. The summed E-state index contributed by atoms with van der Waals surface area (Å²) in [5.41, 5.74) is 9.84.